The molecule has 40 heavy (non-hydrogen) atoms. The summed E-state index contributed by atoms with van der Waals surface area (Å²) < 4.78 is 53.2. The Labute approximate surface area is 231 Å². The Morgan fingerprint density at radius 1 is 0.875 bits per heavy atom. The van der Waals surface area contributed by atoms with Gasteiger partial charge in [0.15, 0.2) is 6.61 Å². The normalized spacial score (nSPS) is 11.4. The van der Waals surface area contributed by atoms with Crippen molar-refractivity contribution in [2.24, 2.45) is 0 Å². The fourth-order valence-corrected chi connectivity index (χ4v) is 5.12. The summed E-state index contributed by atoms with van der Waals surface area (Å²) in [7, 11) is 0. The number of halogens is 3. The fourth-order valence-electron chi connectivity index (χ4n) is 4.12. The van der Waals surface area contributed by atoms with Crippen LogP contribution in [-0.2, 0) is 11.4 Å². The maximum Gasteiger partial charge on any atom is 0.573 e. The maximum atomic E-state index is 12.6. The molecule has 0 saturated carbocycles. The number of hydrogen-bond donors (Lipinski definition) is 1. The number of alkyl halides is 3. The van der Waals surface area contributed by atoms with Crippen LogP contribution in [0.15, 0.2) is 84.9 Å². The van der Waals surface area contributed by atoms with Crippen molar-refractivity contribution in [1.82, 2.24) is 4.98 Å². The van der Waals surface area contributed by atoms with Crippen LogP contribution < -0.4 is 14.2 Å². The largest absolute Gasteiger partial charge is 0.573 e. The number of carboxylic acids is 1. The van der Waals surface area contributed by atoms with Crippen molar-refractivity contribution in [3.63, 3.8) is 0 Å². The van der Waals surface area contributed by atoms with Gasteiger partial charge < -0.3 is 19.3 Å². The van der Waals surface area contributed by atoms with E-state index in [9.17, 15) is 18.0 Å². The Morgan fingerprint density at radius 2 is 1.57 bits per heavy atom. The number of nitrogens with zero attached hydrogens (tertiary/aromatic N) is 1. The van der Waals surface area contributed by atoms with E-state index >= 15 is 0 Å². The molecule has 0 spiro atoms. The molecule has 5 rings (SSSR count). The third-order valence-corrected chi connectivity index (χ3v) is 6.98. The van der Waals surface area contributed by atoms with Gasteiger partial charge in [-0.3, -0.25) is 0 Å². The smallest absolute Gasteiger partial charge is 0.486 e. The molecule has 0 fully saturated rings. The number of fused-ring (bicyclic) bond motifs is 1. The molecule has 1 N–H and O–H groups in total. The van der Waals surface area contributed by atoms with Crippen LogP contribution in [0, 0.1) is 6.92 Å². The second kappa shape index (κ2) is 11.3. The van der Waals surface area contributed by atoms with Crippen LogP contribution >= 0.6 is 11.3 Å². The van der Waals surface area contributed by atoms with Gasteiger partial charge in [-0.15, -0.1) is 24.5 Å². The molecule has 0 unspecified atom stereocenters. The molecule has 1 aromatic heterocycles. The fraction of sp³-hybridized carbons (Fsp3) is 0.133. The van der Waals surface area contributed by atoms with Crippen LogP contribution in [0.1, 0.15) is 10.6 Å². The molecule has 4 aromatic carbocycles. The number of aryl methyl sites for hydroxylation is 1. The summed E-state index contributed by atoms with van der Waals surface area (Å²) in [6.07, 6.45) is -4.78. The highest BCUT2D eigenvalue weighted by Gasteiger charge is 2.31. The number of aromatic nitrogens is 1. The van der Waals surface area contributed by atoms with Gasteiger partial charge in [-0.1, -0.05) is 36.4 Å². The lowest BCUT2D eigenvalue weighted by atomic mass is 10.0. The van der Waals surface area contributed by atoms with Gasteiger partial charge in [-0.25, -0.2) is 9.78 Å². The first-order chi connectivity index (χ1) is 19.1. The molecule has 0 aliphatic rings. The summed E-state index contributed by atoms with van der Waals surface area (Å²) in [5, 5.41) is 11.6. The molecule has 204 valence electrons. The van der Waals surface area contributed by atoms with Gasteiger partial charge in [0.05, 0.1) is 10.6 Å². The third-order valence-electron chi connectivity index (χ3n) is 5.90. The first-order valence-electron chi connectivity index (χ1n) is 12.1. The van der Waals surface area contributed by atoms with Crippen LogP contribution in [0.2, 0.25) is 0 Å². The minimum absolute atomic E-state index is 0.148. The topological polar surface area (TPSA) is 77.9 Å². The zero-order chi connectivity index (χ0) is 28.3. The summed E-state index contributed by atoms with van der Waals surface area (Å²) in [5.41, 5.74) is 2.89. The number of hydrogen-bond acceptors (Lipinski definition) is 6. The summed E-state index contributed by atoms with van der Waals surface area (Å²) in [6, 6.07) is 24.7. The molecule has 0 bridgehead atoms. The van der Waals surface area contributed by atoms with E-state index in [0.29, 0.717) is 27.8 Å². The lowest BCUT2D eigenvalue weighted by molar-refractivity contribution is -0.274. The minimum atomic E-state index is -4.78. The van der Waals surface area contributed by atoms with Gasteiger partial charge in [0, 0.05) is 5.56 Å². The molecule has 5 aromatic rings. The summed E-state index contributed by atoms with van der Waals surface area (Å²) in [5.74, 6) is -0.377. The summed E-state index contributed by atoms with van der Waals surface area (Å²) in [4.78, 5) is 16.4. The Balaban J connectivity index is 1.44. The number of aliphatic carboxylic acids is 1. The third kappa shape index (κ3) is 6.52. The lowest BCUT2D eigenvalue weighted by Gasteiger charge is -2.10. The van der Waals surface area contributed by atoms with Crippen LogP contribution in [0.4, 0.5) is 13.2 Å². The second-order valence-corrected chi connectivity index (χ2v) is 9.90. The molecule has 0 atom stereocenters. The van der Waals surface area contributed by atoms with Crippen molar-refractivity contribution in [2.45, 2.75) is 19.9 Å². The number of carbonyl (C=O) groups is 1. The van der Waals surface area contributed by atoms with E-state index < -0.39 is 18.9 Å². The number of ether oxygens (including phenoxy) is 3. The van der Waals surface area contributed by atoms with Gasteiger partial charge in [0.2, 0.25) is 0 Å². The van der Waals surface area contributed by atoms with Crippen molar-refractivity contribution in [3.05, 3.63) is 95.5 Å². The molecule has 10 heteroatoms. The van der Waals surface area contributed by atoms with E-state index in [2.05, 4.69) is 10.8 Å². The Hall–Kier alpha value is -4.57. The summed E-state index contributed by atoms with van der Waals surface area (Å²) in [6.45, 7) is 1.49. The van der Waals surface area contributed by atoms with Gasteiger partial charge in [-0.05, 0) is 77.4 Å². The van der Waals surface area contributed by atoms with Gasteiger partial charge in [0.25, 0.3) is 0 Å². The van der Waals surface area contributed by atoms with E-state index in [1.165, 1.54) is 23.5 Å². The van der Waals surface area contributed by atoms with Gasteiger partial charge in [0.1, 0.15) is 28.9 Å². The van der Waals surface area contributed by atoms with E-state index in [0.717, 1.165) is 26.8 Å². The Kier molecular flexibility index (Phi) is 7.61. The lowest BCUT2D eigenvalue weighted by Crippen LogP contribution is -2.16. The molecule has 0 radical (unpaired) electrons. The zero-order valence-electron chi connectivity index (χ0n) is 21.1. The highest BCUT2D eigenvalue weighted by Crippen LogP contribution is 2.39. The standard InChI is InChI=1S/C30H22F3NO5S/c1-18-14-24(12-13-25(18)38-17-27(35)36)37-16-26-34-28(20-8-10-23(11-9-20)39-30(31,32)33)29(40-26)22-7-6-19-4-2-3-5-21(19)15-22/h2-15H,16-17H2,1H3,(H,35,36). The predicted molar refractivity (Wildman–Crippen MR) is 146 cm³/mol. The molecular formula is C30H22F3NO5S. The first-order valence-corrected chi connectivity index (χ1v) is 12.9. The quantitative estimate of drug-likeness (QED) is 0.196. The number of rotatable bonds is 9. The molecule has 0 saturated heterocycles. The number of benzene rings is 4. The van der Waals surface area contributed by atoms with Crippen LogP contribution in [0.3, 0.4) is 0 Å². The van der Waals surface area contributed by atoms with Crippen molar-refractivity contribution in [2.75, 3.05) is 6.61 Å². The molecule has 0 amide bonds. The monoisotopic (exact) mass is 565 g/mol. The zero-order valence-corrected chi connectivity index (χ0v) is 21.9. The van der Waals surface area contributed by atoms with Crippen molar-refractivity contribution in [1.29, 1.82) is 0 Å². The molecule has 0 aliphatic heterocycles. The van der Waals surface area contributed by atoms with Crippen LogP contribution in [0.5, 0.6) is 17.2 Å². The van der Waals surface area contributed by atoms with E-state index in [4.69, 9.17) is 19.6 Å². The number of thiazole rings is 1. The molecule has 1 heterocycles. The van der Waals surface area contributed by atoms with Crippen LogP contribution in [-0.4, -0.2) is 29.0 Å². The average Bonchev–Trinajstić information content (AvgIpc) is 3.35. The second-order valence-electron chi connectivity index (χ2n) is 8.82. The highest BCUT2D eigenvalue weighted by atomic mass is 32.1. The van der Waals surface area contributed by atoms with E-state index in [1.807, 2.05) is 36.4 Å². The Morgan fingerprint density at radius 3 is 2.27 bits per heavy atom. The highest BCUT2D eigenvalue weighted by molar-refractivity contribution is 7.15. The molecule has 0 aliphatic carbocycles. The van der Waals surface area contributed by atoms with Gasteiger partial charge in [-0.2, -0.15) is 0 Å². The molecular weight excluding hydrogens is 543 g/mol. The van der Waals surface area contributed by atoms with Crippen molar-refractivity contribution in [3.8, 4) is 38.9 Å². The average molecular weight is 566 g/mol. The minimum Gasteiger partial charge on any atom is -0.486 e. The summed E-state index contributed by atoms with van der Waals surface area (Å²) >= 11 is 1.43. The van der Waals surface area contributed by atoms with Gasteiger partial charge >= 0.3 is 12.3 Å². The van der Waals surface area contributed by atoms with Crippen LogP contribution in [0.25, 0.3) is 32.5 Å². The maximum absolute atomic E-state index is 12.6. The number of carboxylic acid groups (broad SMARTS) is 1. The van der Waals surface area contributed by atoms with E-state index in [-0.39, 0.29) is 12.4 Å². The SMILES string of the molecule is Cc1cc(OCc2nc(-c3ccc(OC(F)(F)F)cc3)c(-c3ccc4ccccc4c3)s2)ccc1OCC(=O)O. The first kappa shape index (κ1) is 27.0. The van der Waals surface area contributed by atoms with Crippen molar-refractivity contribution < 1.29 is 37.3 Å². The van der Waals surface area contributed by atoms with E-state index in [1.54, 1.807) is 37.3 Å². The molecule has 6 nitrogen and oxygen atoms in total. The predicted octanol–water partition coefficient (Wildman–Crippen LogP) is 7.88. The Bertz CT molecular complexity index is 1660. The van der Waals surface area contributed by atoms with Crippen molar-refractivity contribution >= 4 is 28.1 Å².